The van der Waals surface area contributed by atoms with Gasteiger partial charge in [0.2, 0.25) is 0 Å². The van der Waals surface area contributed by atoms with Crippen molar-refractivity contribution in [2.24, 2.45) is 5.73 Å². The molecule has 1 aliphatic rings. The molecule has 1 atom stereocenters. The van der Waals surface area contributed by atoms with Crippen LogP contribution in [0.25, 0.3) is 0 Å². The van der Waals surface area contributed by atoms with Crippen LogP contribution in [0.4, 0.5) is 5.69 Å². The molecule has 0 amide bonds. The Hall–Kier alpha value is -0.670. The van der Waals surface area contributed by atoms with Crippen molar-refractivity contribution < 1.29 is 0 Å². The first-order valence-electron chi connectivity index (χ1n) is 4.46. The van der Waals surface area contributed by atoms with Gasteiger partial charge in [0, 0.05) is 17.5 Å². The number of nitrogens with two attached hydrogens (primary N) is 1. The number of hydrogen-bond donors (Lipinski definition) is 2. The van der Waals surface area contributed by atoms with E-state index < -0.39 is 0 Å². The van der Waals surface area contributed by atoms with Crippen LogP contribution in [-0.2, 0) is 6.42 Å². The van der Waals surface area contributed by atoms with E-state index in [1.165, 1.54) is 16.1 Å². The van der Waals surface area contributed by atoms with Crippen LogP contribution in [0.1, 0.15) is 5.56 Å². The number of benzene rings is 1. The van der Waals surface area contributed by atoms with E-state index in [0.717, 1.165) is 13.0 Å². The van der Waals surface area contributed by atoms with E-state index in [1.54, 1.807) is 11.8 Å². The minimum Gasteiger partial charge on any atom is -0.382 e. The molecule has 0 aliphatic carbocycles. The Kier molecular flexibility index (Phi) is 2.47. The summed E-state index contributed by atoms with van der Waals surface area (Å²) in [4.78, 5) is 1.32. The Morgan fingerprint density at radius 3 is 3.15 bits per heavy atom. The van der Waals surface area contributed by atoms with Crippen LogP contribution in [0, 0.1) is 0 Å². The van der Waals surface area contributed by atoms with Crippen molar-refractivity contribution in [2.45, 2.75) is 17.4 Å². The van der Waals surface area contributed by atoms with Gasteiger partial charge in [-0.2, -0.15) is 0 Å². The van der Waals surface area contributed by atoms with Gasteiger partial charge in [0.15, 0.2) is 0 Å². The van der Waals surface area contributed by atoms with Crippen LogP contribution in [0.2, 0.25) is 0 Å². The zero-order valence-corrected chi connectivity index (χ0v) is 8.53. The largest absolute Gasteiger partial charge is 0.382 e. The Labute approximate surface area is 82.9 Å². The Morgan fingerprint density at radius 1 is 1.54 bits per heavy atom. The summed E-state index contributed by atoms with van der Waals surface area (Å²) in [6, 6.07) is 6.67. The predicted molar refractivity (Wildman–Crippen MR) is 58.4 cm³/mol. The van der Waals surface area contributed by atoms with Crippen molar-refractivity contribution in [3.63, 3.8) is 0 Å². The van der Waals surface area contributed by atoms with Crippen LogP contribution < -0.4 is 11.1 Å². The number of thioether (sulfide) groups is 1. The molecule has 3 heteroatoms. The maximum Gasteiger partial charge on any atom is 0.0511 e. The van der Waals surface area contributed by atoms with E-state index in [4.69, 9.17) is 5.73 Å². The molecule has 0 fully saturated rings. The average Bonchev–Trinajstić information content (AvgIpc) is 2.16. The van der Waals surface area contributed by atoms with E-state index in [2.05, 4.69) is 29.8 Å². The highest BCUT2D eigenvalue weighted by Gasteiger charge is 2.16. The van der Waals surface area contributed by atoms with Crippen LogP contribution in [0.5, 0.6) is 0 Å². The van der Waals surface area contributed by atoms with Crippen molar-refractivity contribution in [1.82, 2.24) is 0 Å². The van der Waals surface area contributed by atoms with Gasteiger partial charge >= 0.3 is 0 Å². The van der Waals surface area contributed by atoms with Gasteiger partial charge in [-0.3, -0.25) is 0 Å². The lowest BCUT2D eigenvalue weighted by Gasteiger charge is -2.24. The highest BCUT2D eigenvalue weighted by molar-refractivity contribution is 7.98. The van der Waals surface area contributed by atoms with Gasteiger partial charge in [0.25, 0.3) is 0 Å². The van der Waals surface area contributed by atoms with Crippen LogP contribution in [0.3, 0.4) is 0 Å². The van der Waals surface area contributed by atoms with Crippen LogP contribution >= 0.6 is 11.8 Å². The fraction of sp³-hybridized carbons (Fsp3) is 0.400. The Bertz CT molecular complexity index is 312. The molecule has 0 saturated heterocycles. The molecular formula is C10H14N2S. The standard InChI is InChI=1S/C10H14N2S/c1-13-9-4-2-3-7-5-8(11)6-12-10(7)9/h2-4,8,12H,5-6,11H2,1H3/t8-/m0/s1. The molecule has 2 rings (SSSR count). The first kappa shape index (κ1) is 8.91. The maximum absolute atomic E-state index is 5.87. The predicted octanol–water partition coefficient (Wildman–Crippen LogP) is 1.70. The Morgan fingerprint density at radius 2 is 2.38 bits per heavy atom. The van der Waals surface area contributed by atoms with Gasteiger partial charge in [0.1, 0.15) is 0 Å². The minimum absolute atomic E-state index is 0.268. The third-order valence-electron chi connectivity index (χ3n) is 2.36. The molecule has 70 valence electrons. The Balaban J connectivity index is 2.39. The van der Waals surface area contributed by atoms with Crippen molar-refractivity contribution in [3.8, 4) is 0 Å². The molecule has 0 saturated carbocycles. The molecule has 3 N–H and O–H groups in total. The fourth-order valence-corrected chi connectivity index (χ4v) is 2.33. The number of hydrogen-bond acceptors (Lipinski definition) is 3. The molecule has 13 heavy (non-hydrogen) atoms. The second-order valence-electron chi connectivity index (χ2n) is 3.34. The smallest absolute Gasteiger partial charge is 0.0511 e. The number of anilines is 1. The summed E-state index contributed by atoms with van der Waals surface area (Å²) >= 11 is 1.78. The third-order valence-corrected chi connectivity index (χ3v) is 3.14. The normalized spacial score (nSPS) is 20.6. The van der Waals surface area contributed by atoms with Gasteiger partial charge in [0.05, 0.1) is 5.69 Å². The molecule has 0 unspecified atom stereocenters. The van der Waals surface area contributed by atoms with Gasteiger partial charge in [-0.25, -0.2) is 0 Å². The number of para-hydroxylation sites is 1. The van der Waals surface area contributed by atoms with Crippen molar-refractivity contribution >= 4 is 17.4 Å². The van der Waals surface area contributed by atoms with Gasteiger partial charge in [-0.05, 0) is 24.3 Å². The van der Waals surface area contributed by atoms with Gasteiger partial charge < -0.3 is 11.1 Å². The molecule has 0 aromatic heterocycles. The lowest BCUT2D eigenvalue weighted by atomic mass is 10.0. The maximum atomic E-state index is 5.87. The SMILES string of the molecule is CSc1cccc2c1NC[C@@H](N)C2. The number of nitrogens with one attached hydrogen (secondary N) is 1. The number of rotatable bonds is 1. The fourth-order valence-electron chi connectivity index (χ4n) is 1.71. The highest BCUT2D eigenvalue weighted by atomic mass is 32.2. The van der Waals surface area contributed by atoms with Crippen molar-refractivity contribution in [1.29, 1.82) is 0 Å². The van der Waals surface area contributed by atoms with E-state index in [9.17, 15) is 0 Å². The second kappa shape index (κ2) is 3.60. The lowest BCUT2D eigenvalue weighted by molar-refractivity contribution is 0.676. The van der Waals surface area contributed by atoms with Gasteiger partial charge in [-0.1, -0.05) is 12.1 Å². The van der Waals surface area contributed by atoms with Crippen LogP contribution in [0.15, 0.2) is 23.1 Å². The monoisotopic (exact) mass is 194 g/mol. The lowest BCUT2D eigenvalue weighted by Crippen LogP contribution is -2.35. The zero-order valence-electron chi connectivity index (χ0n) is 7.71. The zero-order chi connectivity index (χ0) is 9.26. The summed E-state index contributed by atoms with van der Waals surface area (Å²) in [5.74, 6) is 0. The minimum atomic E-state index is 0.268. The highest BCUT2D eigenvalue weighted by Crippen LogP contribution is 2.31. The quantitative estimate of drug-likeness (QED) is 0.668. The van der Waals surface area contributed by atoms with Gasteiger partial charge in [-0.15, -0.1) is 11.8 Å². The first-order chi connectivity index (χ1) is 6.31. The van der Waals surface area contributed by atoms with Crippen LogP contribution in [-0.4, -0.2) is 18.8 Å². The van der Waals surface area contributed by atoms with E-state index in [-0.39, 0.29) is 6.04 Å². The topological polar surface area (TPSA) is 38.0 Å². The number of fused-ring (bicyclic) bond motifs is 1. The molecule has 0 spiro atoms. The molecule has 1 aromatic carbocycles. The summed E-state index contributed by atoms with van der Waals surface area (Å²) < 4.78 is 0. The molecular weight excluding hydrogens is 180 g/mol. The van der Waals surface area contributed by atoms with Crippen molar-refractivity contribution in [3.05, 3.63) is 23.8 Å². The average molecular weight is 194 g/mol. The summed E-state index contributed by atoms with van der Waals surface area (Å²) in [7, 11) is 0. The summed E-state index contributed by atoms with van der Waals surface area (Å²) in [6.45, 7) is 0.893. The summed E-state index contributed by atoms with van der Waals surface area (Å²) in [5, 5.41) is 3.39. The summed E-state index contributed by atoms with van der Waals surface area (Å²) in [6.07, 6.45) is 3.10. The molecule has 1 aliphatic heterocycles. The van der Waals surface area contributed by atoms with Crippen molar-refractivity contribution in [2.75, 3.05) is 18.1 Å². The molecule has 1 aromatic rings. The molecule has 0 bridgehead atoms. The molecule has 2 nitrogen and oxygen atoms in total. The van der Waals surface area contributed by atoms with E-state index >= 15 is 0 Å². The van der Waals surface area contributed by atoms with E-state index in [0.29, 0.717) is 0 Å². The summed E-state index contributed by atoms with van der Waals surface area (Å²) in [5.41, 5.74) is 8.51. The molecule has 0 radical (unpaired) electrons. The van der Waals surface area contributed by atoms with E-state index in [1.807, 2.05) is 0 Å². The molecule has 1 heterocycles. The first-order valence-corrected chi connectivity index (χ1v) is 5.69. The third kappa shape index (κ3) is 1.67. The second-order valence-corrected chi connectivity index (χ2v) is 4.19.